The quantitative estimate of drug-likeness (QED) is 0.834. The van der Waals surface area contributed by atoms with Crippen LogP contribution in [0.2, 0.25) is 5.02 Å². The summed E-state index contributed by atoms with van der Waals surface area (Å²) in [6.45, 7) is 0. The molecule has 3 N–H and O–H groups in total. The van der Waals surface area contributed by atoms with Crippen molar-refractivity contribution in [2.75, 3.05) is 0 Å². The van der Waals surface area contributed by atoms with Crippen LogP contribution < -0.4 is 5.73 Å². The van der Waals surface area contributed by atoms with E-state index in [0.717, 1.165) is 9.13 Å². The zero-order chi connectivity index (χ0) is 10.7. The number of hydrogen-bond donors (Lipinski definition) is 2. The molecule has 5 heteroatoms. The lowest BCUT2D eigenvalue weighted by Crippen LogP contribution is -2.32. The number of halogens is 2. The van der Waals surface area contributed by atoms with Gasteiger partial charge in [-0.2, -0.15) is 0 Å². The summed E-state index contributed by atoms with van der Waals surface area (Å²) >= 11 is 8.03. The van der Waals surface area contributed by atoms with Crippen LogP contribution in [0.3, 0.4) is 0 Å². The summed E-state index contributed by atoms with van der Waals surface area (Å²) < 4.78 is 1.01. The molecule has 0 amide bonds. The van der Waals surface area contributed by atoms with E-state index in [1.807, 2.05) is 12.1 Å². The second-order valence-electron chi connectivity index (χ2n) is 2.88. The third-order valence-corrected chi connectivity index (χ3v) is 2.80. The Labute approximate surface area is 100 Å². The number of aliphatic carboxylic acids is 1. The summed E-state index contributed by atoms with van der Waals surface area (Å²) in [7, 11) is 0. The van der Waals surface area contributed by atoms with Crippen LogP contribution in [-0.4, -0.2) is 17.1 Å². The molecule has 76 valence electrons. The number of carboxylic acid groups (broad SMARTS) is 1. The van der Waals surface area contributed by atoms with E-state index in [-0.39, 0.29) is 6.42 Å². The van der Waals surface area contributed by atoms with Crippen molar-refractivity contribution < 1.29 is 9.90 Å². The topological polar surface area (TPSA) is 63.3 Å². The highest BCUT2D eigenvalue weighted by Crippen LogP contribution is 2.19. The predicted molar refractivity (Wildman–Crippen MR) is 63.5 cm³/mol. The Hall–Kier alpha value is -0.330. The van der Waals surface area contributed by atoms with E-state index < -0.39 is 12.0 Å². The van der Waals surface area contributed by atoms with Gasteiger partial charge in [0.1, 0.15) is 6.04 Å². The van der Waals surface area contributed by atoms with Crippen LogP contribution in [0.25, 0.3) is 0 Å². The van der Waals surface area contributed by atoms with Crippen molar-refractivity contribution in [3.8, 4) is 0 Å². The molecule has 0 saturated carbocycles. The Bertz CT molecular complexity index is 357. The molecule has 1 aromatic carbocycles. The van der Waals surface area contributed by atoms with Gasteiger partial charge in [-0.1, -0.05) is 11.6 Å². The summed E-state index contributed by atoms with van der Waals surface area (Å²) in [4.78, 5) is 10.5. The first kappa shape index (κ1) is 11.7. The van der Waals surface area contributed by atoms with Gasteiger partial charge in [-0.15, -0.1) is 0 Å². The highest BCUT2D eigenvalue weighted by Gasteiger charge is 2.13. The van der Waals surface area contributed by atoms with Crippen LogP contribution in [0.4, 0.5) is 0 Å². The molecule has 0 saturated heterocycles. The number of carbonyl (C=O) groups is 1. The monoisotopic (exact) mass is 325 g/mol. The van der Waals surface area contributed by atoms with Crippen LogP contribution >= 0.6 is 34.2 Å². The third-order valence-electron chi connectivity index (χ3n) is 1.76. The average molecular weight is 326 g/mol. The molecule has 0 spiro atoms. The lowest BCUT2D eigenvalue weighted by Gasteiger charge is -2.08. The Balaban J connectivity index is 2.85. The van der Waals surface area contributed by atoms with Crippen molar-refractivity contribution in [2.45, 2.75) is 12.5 Å². The van der Waals surface area contributed by atoms with E-state index >= 15 is 0 Å². The molecular weight excluding hydrogens is 316 g/mol. The lowest BCUT2D eigenvalue weighted by molar-refractivity contribution is -0.138. The maximum atomic E-state index is 10.5. The van der Waals surface area contributed by atoms with Gasteiger partial charge >= 0.3 is 5.97 Å². The van der Waals surface area contributed by atoms with Crippen molar-refractivity contribution in [3.63, 3.8) is 0 Å². The molecule has 0 bridgehead atoms. The molecule has 0 aliphatic rings. The molecule has 0 aromatic heterocycles. The van der Waals surface area contributed by atoms with Gasteiger partial charge in [-0.05, 0) is 52.8 Å². The fourth-order valence-corrected chi connectivity index (χ4v) is 1.77. The van der Waals surface area contributed by atoms with Gasteiger partial charge in [-0.25, -0.2) is 0 Å². The second kappa shape index (κ2) is 4.95. The minimum absolute atomic E-state index is 0.255. The van der Waals surface area contributed by atoms with E-state index in [4.69, 9.17) is 22.4 Å². The van der Waals surface area contributed by atoms with E-state index in [9.17, 15) is 4.79 Å². The number of rotatable bonds is 3. The van der Waals surface area contributed by atoms with Gasteiger partial charge in [0.25, 0.3) is 0 Å². The zero-order valence-corrected chi connectivity index (χ0v) is 10.1. The van der Waals surface area contributed by atoms with Crippen molar-refractivity contribution in [1.82, 2.24) is 0 Å². The molecule has 0 radical (unpaired) electrons. The van der Waals surface area contributed by atoms with Crippen LogP contribution in [0.15, 0.2) is 18.2 Å². The molecule has 0 aliphatic heterocycles. The van der Waals surface area contributed by atoms with Crippen molar-refractivity contribution in [2.24, 2.45) is 5.73 Å². The first-order valence-corrected chi connectivity index (χ1v) is 5.38. The average Bonchev–Trinajstić information content (AvgIpc) is 2.11. The molecule has 0 fully saturated rings. The van der Waals surface area contributed by atoms with Crippen LogP contribution in [-0.2, 0) is 11.2 Å². The Morgan fingerprint density at radius 1 is 1.64 bits per heavy atom. The summed E-state index contributed by atoms with van der Waals surface area (Å²) in [6, 6.07) is 4.54. The van der Waals surface area contributed by atoms with Gasteiger partial charge in [0.05, 0.1) is 0 Å². The molecule has 0 unspecified atom stereocenters. The molecule has 14 heavy (non-hydrogen) atoms. The minimum atomic E-state index is -1.01. The predicted octanol–water partition coefficient (Wildman–Crippen LogP) is 1.90. The van der Waals surface area contributed by atoms with Crippen LogP contribution in [0.1, 0.15) is 5.56 Å². The minimum Gasteiger partial charge on any atom is -0.480 e. The van der Waals surface area contributed by atoms with Gasteiger partial charge in [0.2, 0.25) is 0 Å². The van der Waals surface area contributed by atoms with E-state index in [1.165, 1.54) is 0 Å². The Morgan fingerprint density at radius 2 is 2.29 bits per heavy atom. The number of benzene rings is 1. The van der Waals surface area contributed by atoms with Crippen LogP contribution in [0, 0.1) is 3.57 Å². The lowest BCUT2D eigenvalue weighted by atomic mass is 10.1. The highest BCUT2D eigenvalue weighted by molar-refractivity contribution is 14.1. The molecule has 0 aliphatic carbocycles. The molecule has 1 atom stereocenters. The smallest absolute Gasteiger partial charge is 0.320 e. The summed E-state index contributed by atoms with van der Waals surface area (Å²) in [5, 5.41) is 9.19. The first-order chi connectivity index (χ1) is 6.50. The Morgan fingerprint density at radius 3 is 2.86 bits per heavy atom. The van der Waals surface area contributed by atoms with Gasteiger partial charge in [0, 0.05) is 8.59 Å². The van der Waals surface area contributed by atoms with E-state index in [2.05, 4.69) is 22.6 Å². The first-order valence-electron chi connectivity index (χ1n) is 3.93. The van der Waals surface area contributed by atoms with E-state index in [0.29, 0.717) is 5.02 Å². The van der Waals surface area contributed by atoms with Gasteiger partial charge in [0.15, 0.2) is 0 Å². The number of hydrogen-bond acceptors (Lipinski definition) is 2. The van der Waals surface area contributed by atoms with Crippen molar-refractivity contribution >= 4 is 40.2 Å². The number of nitrogens with two attached hydrogens (primary N) is 1. The number of carboxylic acids is 1. The van der Waals surface area contributed by atoms with Crippen molar-refractivity contribution in [3.05, 3.63) is 32.4 Å². The summed E-state index contributed by atoms with van der Waals surface area (Å²) in [5.74, 6) is -1.01. The third kappa shape index (κ3) is 3.11. The molecule has 0 heterocycles. The SMILES string of the molecule is N[C@@H](Cc1cc(I)ccc1Cl)C(=O)O. The summed E-state index contributed by atoms with van der Waals surface area (Å²) in [5.41, 5.74) is 6.18. The molecule has 1 aromatic rings. The molecule has 3 nitrogen and oxygen atoms in total. The fourth-order valence-electron chi connectivity index (χ4n) is 1.02. The maximum Gasteiger partial charge on any atom is 0.320 e. The van der Waals surface area contributed by atoms with Gasteiger partial charge in [-0.3, -0.25) is 4.79 Å². The normalized spacial score (nSPS) is 12.5. The van der Waals surface area contributed by atoms with Crippen molar-refractivity contribution in [1.29, 1.82) is 0 Å². The van der Waals surface area contributed by atoms with Gasteiger partial charge < -0.3 is 10.8 Å². The van der Waals surface area contributed by atoms with Crippen LogP contribution in [0.5, 0.6) is 0 Å². The second-order valence-corrected chi connectivity index (χ2v) is 4.54. The largest absolute Gasteiger partial charge is 0.480 e. The standard InChI is InChI=1S/C9H9ClINO2/c10-7-2-1-6(11)3-5(7)4-8(12)9(13)14/h1-3,8H,4,12H2,(H,13,14)/t8-/m0/s1. The van der Waals surface area contributed by atoms with E-state index in [1.54, 1.807) is 6.07 Å². The Kier molecular flexibility index (Phi) is 4.15. The summed E-state index contributed by atoms with van der Waals surface area (Å²) in [6.07, 6.45) is 0.255. The molecule has 1 rings (SSSR count). The highest BCUT2D eigenvalue weighted by atomic mass is 127. The zero-order valence-electron chi connectivity index (χ0n) is 7.21. The fraction of sp³-hybridized carbons (Fsp3) is 0.222. The molecular formula is C9H9ClINO2. The maximum absolute atomic E-state index is 10.5.